The fourth-order valence-electron chi connectivity index (χ4n) is 2.42. The lowest BCUT2D eigenvalue weighted by molar-refractivity contribution is 0.0827. The van der Waals surface area contributed by atoms with Gasteiger partial charge in [0.25, 0.3) is 5.91 Å². The molecule has 0 saturated carbocycles. The molecule has 0 fully saturated rings. The van der Waals surface area contributed by atoms with Crippen LogP contribution in [-0.4, -0.2) is 51.0 Å². The van der Waals surface area contributed by atoms with Crippen molar-refractivity contribution in [2.75, 3.05) is 34.2 Å². The largest absolute Gasteiger partial charge is 0.356 e. The summed E-state index contributed by atoms with van der Waals surface area (Å²) in [4.78, 5) is 19.2. The molecule has 1 heterocycles. The van der Waals surface area contributed by atoms with Crippen LogP contribution in [0.4, 0.5) is 0 Å². The van der Waals surface area contributed by atoms with Crippen LogP contribution in [0.2, 0.25) is 0 Å². The van der Waals surface area contributed by atoms with E-state index >= 15 is 0 Å². The van der Waals surface area contributed by atoms with E-state index in [1.54, 1.807) is 37.4 Å². The van der Waals surface area contributed by atoms with Gasteiger partial charge in [-0.25, -0.2) is 0 Å². The molecule has 0 atom stereocenters. The zero-order valence-corrected chi connectivity index (χ0v) is 18.6. The summed E-state index contributed by atoms with van der Waals surface area (Å²) in [6.07, 6.45) is 1.83. The normalized spacial score (nSPS) is 10.8. The summed E-state index contributed by atoms with van der Waals surface area (Å²) in [5.74, 6) is 0.831. The van der Waals surface area contributed by atoms with Gasteiger partial charge in [0.2, 0.25) is 0 Å². The summed E-state index contributed by atoms with van der Waals surface area (Å²) in [6.45, 7) is 1.62. The molecule has 5 nitrogen and oxygen atoms in total. The highest BCUT2D eigenvalue weighted by Crippen LogP contribution is 2.08. The lowest BCUT2D eigenvalue weighted by atomic mass is 10.1. The van der Waals surface area contributed by atoms with Crippen LogP contribution >= 0.6 is 35.3 Å². The number of rotatable bonds is 7. The van der Waals surface area contributed by atoms with Crippen LogP contribution in [0, 0.1) is 0 Å². The maximum atomic E-state index is 12.0. The molecule has 2 aromatic rings. The Kier molecular flexibility index (Phi) is 10.3. The molecule has 1 aromatic heterocycles. The molecule has 0 unspecified atom stereocenters. The highest BCUT2D eigenvalue weighted by molar-refractivity contribution is 14.0. The smallest absolute Gasteiger partial charge is 0.253 e. The van der Waals surface area contributed by atoms with Crippen molar-refractivity contribution in [3.05, 3.63) is 57.8 Å². The molecule has 26 heavy (non-hydrogen) atoms. The lowest BCUT2D eigenvalue weighted by Gasteiger charge is -2.13. The van der Waals surface area contributed by atoms with Gasteiger partial charge in [0.05, 0.1) is 0 Å². The SMILES string of the molecule is CN=C(NCCc1cccc(C(=O)N(C)C)c1)NCCc1cccs1.I. The Hall–Kier alpha value is -1.61. The summed E-state index contributed by atoms with van der Waals surface area (Å²) in [6, 6.07) is 12.0. The number of thiophene rings is 1. The number of carbonyl (C=O) groups excluding carboxylic acids is 1. The van der Waals surface area contributed by atoms with Crippen molar-refractivity contribution >= 4 is 47.2 Å². The Morgan fingerprint density at radius 3 is 2.46 bits per heavy atom. The molecule has 0 saturated heterocycles. The van der Waals surface area contributed by atoms with Gasteiger partial charge in [-0.1, -0.05) is 18.2 Å². The summed E-state index contributed by atoms with van der Waals surface area (Å²) < 4.78 is 0. The first kappa shape index (κ1) is 22.4. The molecule has 2 N–H and O–H groups in total. The quantitative estimate of drug-likeness (QED) is 0.360. The monoisotopic (exact) mass is 486 g/mol. The van der Waals surface area contributed by atoms with Crippen LogP contribution < -0.4 is 10.6 Å². The van der Waals surface area contributed by atoms with E-state index in [9.17, 15) is 4.79 Å². The first-order valence-corrected chi connectivity index (χ1v) is 9.25. The molecule has 2 rings (SSSR count). The highest BCUT2D eigenvalue weighted by atomic mass is 127. The summed E-state index contributed by atoms with van der Waals surface area (Å²) in [5, 5.41) is 8.73. The fourth-order valence-corrected chi connectivity index (χ4v) is 3.13. The number of nitrogens with zero attached hydrogens (tertiary/aromatic N) is 2. The number of carbonyl (C=O) groups is 1. The van der Waals surface area contributed by atoms with E-state index in [0.29, 0.717) is 0 Å². The number of benzene rings is 1. The molecule has 0 radical (unpaired) electrons. The van der Waals surface area contributed by atoms with Crippen LogP contribution in [0.5, 0.6) is 0 Å². The summed E-state index contributed by atoms with van der Waals surface area (Å²) in [5.41, 5.74) is 1.86. The van der Waals surface area contributed by atoms with Gasteiger partial charge in [0.15, 0.2) is 5.96 Å². The van der Waals surface area contributed by atoms with E-state index < -0.39 is 0 Å². The van der Waals surface area contributed by atoms with E-state index in [1.807, 2.05) is 24.3 Å². The van der Waals surface area contributed by atoms with Crippen molar-refractivity contribution in [1.29, 1.82) is 0 Å². The number of hydrogen-bond donors (Lipinski definition) is 2. The van der Waals surface area contributed by atoms with Gasteiger partial charge >= 0.3 is 0 Å². The standard InChI is InChI=1S/C19H26N4OS.HI/c1-20-19(22-12-10-17-8-5-13-25-17)21-11-9-15-6-4-7-16(14-15)18(24)23(2)3;/h4-8,13-14H,9-12H2,1-3H3,(H2,20,21,22);1H. The molecule has 1 amide bonds. The number of amides is 1. The molecule has 0 aliphatic rings. The molecule has 0 aliphatic carbocycles. The van der Waals surface area contributed by atoms with E-state index in [-0.39, 0.29) is 29.9 Å². The molecule has 7 heteroatoms. The summed E-state index contributed by atoms with van der Waals surface area (Å²) >= 11 is 1.77. The predicted octanol–water partition coefficient (Wildman–Crippen LogP) is 3.02. The Balaban J connectivity index is 0.00000338. The van der Waals surface area contributed by atoms with E-state index in [0.717, 1.165) is 43.0 Å². The van der Waals surface area contributed by atoms with Crippen molar-refractivity contribution in [2.24, 2.45) is 4.99 Å². The molecule has 142 valence electrons. The average Bonchev–Trinajstić information content (AvgIpc) is 3.13. The van der Waals surface area contributed by atoms with E-state index in [2.05, 4.69) is 33.1 Å². The van der Waals surface area contributed by atoms with Gasteiger partial charge < -0.3 is 15.5 Å². The van der Waals surface area contributed by atoms with Crippen LogP contribution in [0.25, 0.3) is 0 Å². The Morgan fingerprint density at radius 1 is 1.12 bits per heavy atom. The average molecular weight is 486 g/mol. The van der Waals surface area contributed by atoms with E-state index in [4.69, 9.17) is 0 Å². The van der Waals surface area contributed by atoms with Gasteiger partial charge in [0, 0.05) is 44.7 Å². The van der Waals surface area contributed by atoms with Crippen molar-refractivity contribution in [2.45, 2.75) is 12.8 Å². The van der Waals surface area contributed by atoms with Crippen molar-refractivity contribution in [1.82, 2.24) is 15.5 Å². The van der Waals surface area contributed by atoms with Crippen molar-refractivity contribution in [3.8, 4) is 0 Å². The van der Waals surface area contributed by atoms with Crippen LogP contribution in [0.3, 0.4) is 0 Å². The molecular formula is C19H27IN4OS. The molecule has 0 bridgehead atoms. The Morgan fingerprint density at radius 2 is 1.85 bits per heavy atom. The minimum Gasteiger partial charge on any atom is -0.356 e. The first-order chi connectivity index (χ1) is 12.1. The third kappa shape index (κ3) is 7.33. The van der Waals surface area contributed by atoms with E-state index in [1.165, 1.54) is 4.88 Å². The lowest BCUT2D eigenvalue weighted by Crippen LogP contribution is -2.39. The number of halogens is 1. The zero-order valence-electron chi connectivity index (χ0n) is 15.5. The van der Waals surface area contributed by atoms with Gasteiger partial charge in [-0.2, -0.15) is 0 Å². The Labute approximate surface area is 176 Å². The second-order valence-corrected chi connectivity index (χ2v) is 6.94. The molecule has 0 spiro atoms. The minimum atomic E-state index is 0. The van der Waals surface area contributed by atoms with Crippen LogP contribution in [0.1, 0.15) is 20.8 Å². The van der Waals surface area contributed by atoms with Gasteiger partial charge in [-0.05, 0) is 42.0 Å². The number of hydrogen-bond acceptors (Lipinski definition) is 3. The second kappa shape index (κ2) is 11.9. The topological polar surface area (TPSA) is 56.7 Å². The number of aliphatic imine (C=N–C) groups is 1. The highest BCUT2D eigenvalue weighted by Gasteiger charge is 2.08. The number of nitrogens with one attached hydrogen (secondary N) is 2. The van der Waals surface area contributed by atoms with Gasteiger partial charge in [0.1, 0.15) is 0 Å². The maximum Gasteiger partial charge on any atom is 0.253 e. The van der Waals surface area contributed by atoms with Gasteiger partial charge in [-0.3, -0.25) is 9.79 Å². The van der Waals surface area contributed by atoms with Crippen LogP contribution in [-0.2, 0) is 12.8 Å². The maximum absolute atomic E-state index is 12.0. The second-order valence-electron chi connectivity index (χ2n) is 5.91. The summed E-state index contributed by atoms with van der Waals surface area (Å²) in [7, 11) is 5.31. The third-order valence-electron chi connectivity index (χ3n) is 3.75. The first-order valence-electron chi connectivity index (χ1n) is 8.37. The van der Waals surface area contributed by atoms with Gasteiger partial charge in [-0.15, -0.1) is 35.3 Å². The van der Waals surface area contributed by atoms with Crippen molar-refractivity contribution < 1.29 is 4.79 Å². The third-order valence-corrected chi connectivity index (χ3v) is 4.69. The minimum absolute atomic E-state index is 0. The van der Waals surface area contributed by atoms with Crippen molar-refractivity contribution in [3.63, 3.8) is 0 Å². The molecule has 1 aromatic carbocycles. The van der Waals surface area contributed by atoms with Crippen LogP contribution in [0.15, 0.2) is 46.8 Å². The fraction of sp³-hybridized carbons (Fsp3) is 0.368. The number of guanidine groups is 1. The Bertz CT molecular complexity index is 701. The molecule has 0 aliphatic heterocycles. The zero-order chi connectivity index (χ0) is 18.1. The molecular weight excluding hydrogens is 459 g/mol. The predicted molar refractivity (Wildman–Crippen MR) is 121 cm³/mol.